The molecule has 21 heavy (non-hydrogen) atoms. The predicted octanol–water partition coefficient (Wildman–Crippen LogP) is 2.13. The Hall–Kier alpha value is -1.53. The van der Waals surface area contributed by atoms with Crippen LogP contribution in [0.15, 0.2) is 24.3 Å². The summed E-state index contributed by atoms with van der Waals surface area (Å²) < 4.78 is 30.8. The van der Waals surface area contributed by atoms with Crippen LogP contribution in [0.5, 0.6) is 0 Å². The summed E-state index contributed by atoms with van der Waals surface area (Å²) in [6, 6.07) is 5.41. The standard InChI is InChI=1S/C15H20F2N2O2/c1-2-21-15(20)13(19-8-6-18-7-9-19)11-4-3-5-12(10-11)14(16)17/h3-5,10,13-14,18H,2,6-9H2,1H3. The summed E-state index contributed by atoms with van der Waals surface area (Å²) in [7, 11) is 0. The molecule has 4 nitrogen and oxygen atoms in total. The fourth-order valence-electron chi connectivity index (χ4n) is 2.52. The van der Waals surface area contributed by atoms with Crippen LogP contribution in [-0.2, 0) is 9.53 Å². The van der Waals surface area contributed by atoms with Gasteiger partial charge >= 0.3 is 5.97 Å². The van der Waals surface area contributed by atoms with Gasteiger partial charge in [0.2, 0.25) is 0 Å². The van der Waals surface area contributed by atoms with Crippen molar-refractivity contribution in [1.29, 1.82) is 0 Å². The van der Waals surface area contributed by atoms with Gasteiger partial charge in [-0.05, 0) is 18.6 Å². The molecular formula is C15H20F2N2O2. The highest BCUT2D eigenvalue weighted by Gasteiger charge is 2.30. The van der Waals surface area contributed by atoms with Crippen LogP contribution >= 0.6 is 0 Å². The Morgan fingerprint density at radius 1 is 1.33 bits per heavy atom. The highest BCUT2D eigenvalue weighted by Crippen LogP contribution is 2.27. The molecule has 1 aliphatic rings. The van der Waals surface area contributed by atoms with Crippen molar-refractivity contribution in [3.8, 4) is 0 Å². The number of piperazine rings is 1. The van der Waals surface area contributed by atoms with E-state index in [1.165, 1.54) is 12.1 Å². The number of esters is 1. The van der Waals surface area contributed by atoms with E-state index in [9.17, 15) is 13.6 Å². The summed E-state index contributed by atoms with van der Waals surface area (Å²) >= 11 is 0. The van der Waals surface area contributed by atoms with Crippen molar-refractivity contribution >= 4 is 5.97 Å². The van der Waals surface area contributed by atoms with E-state index in [0.29, 0.717) is 18.7 Å². The third-order valence-corrected chi connectivity index (χ3v) is 3.50. The minimum atomic E-state index is -2.55. The Balaban J connectivity index is 2.29. The van der Waals surface area contributed by atoms with Gasteiger partial charge in [0.1, 0.15) is 6.04 Å². The van der Waals surface area contributed by atoms with Gasteiger partial charge < -0.3 is 10.1 Å². The first-order valence-corrected chi connectivity index (χ1v) is 7.13. The van der Waals surface area contributed by atoms with E-state index in [1.54, 1.807) is 19.1 Å². The zero-order valence-electron chi connectivity index (χ0n) is 12.0. The molecule has 1 aliphatic heterocycles. The molecule has 0 radical (unpaired) electrons. The van der Waals surface area contributed by atoms with Gasteiger partial charge in [-0.3, -0.25) is 4.90 Å². The number of hydrogen-bond donors (Lipinski definition) is 1. The molecule has 116 valence electrons. The van der Waals surface area contributed by atoms with Crippen molar-refractivity contribution in [1.82, 2.24) is 10.2 Å². The van der Waals surface area contributed by atoms with Gasteiger partial charge in [-0.1, -0.05) is 18.2 Å². The molecule has 1 aromatic carbocycles. The zero-order valence-corrected chi connectivity index (χ0v) is 12.0. The highest BCUT2D eigenvalue weighted by molar-refractivity contribution is 5.77. The van der Waals surface area contributed by atoms with Gasteiger partial charge in [0.15, 0.2) is 0 Å². The largest absolute Gasteiger partial charge is 0.465 e. The Bertz CT molecular complexity index is 476. The zero-order chi connectivity index (χ0) is 15.2. The van der Waals surface area contributed by atoms with E-state index in [1.807, 2.05) is 4.90 Å². The predicted molar refractivity (Wildman–Crippen MR) is 75.2 cm³/mol. The van der Waals surface area contributed by atoms with E-state index < -0.39 is 12.5 Å². The summed E-state index contributed by atoms with van der Waals surface area (Å²) in [4.78, 5) is 14.2. The first kappa shape index (κ1) is 15.9. The van der Waals surface area contributed by atoms with Crippen molar-refractivity contribution in [2.45, 2.75) is 19.4 Å². The summed E-state index contributed by atoms with van der Waals surface area (Å²) in [5, 5.41) is 3.21. The van der Waals surface area contributed by atoms with Crippen LogP contribution in [0, 0.1) is 0 Å². The molecule has 2 rings (SSSR count). The van der Waals surface area contributed by atoms with E-state index in [-0.39, 0.29) is 18.1 Å². The lowest BCUT2D eigenvalue weighted by Gasteiger charge is -2.33. The molecular weight excluding hydrogens is 278 g/mol. The normalized spacial score (nSPS) is 17.7. The van der Waals surface area contributed by atoms with Gasteiger partial charge in [0, 0.05) is 31.7 Å². The third-order valence-electron chi connectivity index (χ3n) is 3.50. The average molecular weight is 298 g/mol. The first-order valence-electron chi connectivity index (χ1n) is 7.13. The van der Waals surface area contributed by atoms with Crippen molar-refractivity contribution in [2.24, 2.45) is 0 Å². The fourth-order valence-corrected chi connectivity index (χ4v) is 2.52. The molecule has 1 heterocycles. The van der Waals surface area contributed by atoms with Crippen molar-refractivity contribution < 1.29 is 18.3 Å². The topological polar surface area (TPSA) is 41.6 Å². The van der Waals surface area contributed by atoms with Crippen LogP contribution in [0.3, 0.4) is 0 Å². The number of alkyl halides is 2. The van der Waals surface area contributed by atoms with Crippen LogP contribution < -0.4 is 5.32 Å². The maximum atomic E-state index is 12.9. The number of hydrogen-bond acceptors (Lipinski definition) is 4. The Morgan fingerprint density at radius 2 is 2.00 bits per heavy atom. The van der Waals surface area contributed by atoms with Crippen LogP contribution in [0.4, 0.5) is 8.78 Å². The maximum absolute atomic E-state index is 12.9. The number of benzene rings is 1. The monoisotopic (exact) mass is 298 g/mol. The SMILES string of the molecule is CCOC(=O)C(c1cccc(C(F)F)c1)N1CCNCC1. The number of ether oxygens (including phenoxy) is 1. The molecule has 0 bridgehead atoms. The summed E-state index contributed by atoms with van der Waals surface area (Å²) in [6.45, 7) is 4.91. The summed E-state index contributed by atoms with van der Waals surface area (Å²) in [5.41, 5.74) is 0.491. The van der Waals surface area contributed by atoms with E-state index >= 15 is 0 Å². The second kappa shape index (κ2) is 7.47. The van der Waals surface area contributed by atoms with Crippen LogP contribution in [0.25, 0.3) is 0 Å². The van der Waals surface area contributed by atoms with Crippen molar-refractivity contribution in [2.75, 3.05) is 32.8 Å². The van der Waals surface area contributed by atoms with E-state index in [0.717, 1.165) is 13.1 Å². The van der Waals surface area contributed by atoms with Gasteiger partial charge in [-0.25, -0.2) is 13.6 Å². The number of nitrogens with zero attached hydrogens (tertiary/aromatic N) is 1. The maximum Gasteiger partial charge on any atom is 0.328 e. The quantitative estimate of drug-likeness (QED) is 0.846. The Morgan fingerprint density at radius 3 is 2.62 bits per heavy atom. The molecule has 1 fully saturated rings. The molecule has 1 unspecified atom stereocenters. The number of carbonyl (C=O) groups is 1. The lowest BCUT2D eigenvalue weighted by atomic mass is 10.0. The van der Waals surface area contributed by atoms with E-state index in [2.05, 4.69) is 5.32 Å². The van der Waals surface area contributed by atoms with Crippen molar-refractivity contribution in [3.63, 3.8) is 0 Å². The molecule has 0 spiro atoms. The number of carbonyl (C=O) groups excluding carboxylic acids is 1. The number of nitrogens with one attached hydrogen (secondary N) is 1. The second-order valence-corrected chi connectivity index (χ2v) is 4.91. The lowest BCUT2D eigenvalue weighted by molar-refractivity contribution is -0.150. The molecule has 6 heteroatoms. The third kappa shape index (κ3) is 3.98. The molecule has 1 aromatic rings. The van der Waals surface area contributed by atoms with Crippen molar-refractivity contribution in [3.05, 3.63) is 35.4 Å². The smallest absolute Gasteiger partial charge is 0.328 e. The van der Waals surface area contributed by atoms with Gasteiger partial charge in [0.25, 0.3) is 6.43 Å². The van der Waals surface area contributed by atoms with E-state index in [4.69, 9.17) is 4.74 Å². The number of rotatable bonds is 5. The van der Waals surface area contributed by atoms with Gasteiger partial charge in [-0.2, -0.15) is 0 Å². The van der Waals surface area contributed by atoms with Crippen LogP contribution in [0.1, 0.15) is 30.5 Å². The minimum absolute atomic E-state index is 0.0723. The summed E-state index contributed by atoms with van der Waals surface area (Å²) in [6.07, 6.45) is -2.55. The molecule has 1 saturated heterocycles. The average Bonchev–Trinajstić information content (AvgIpc) is 2.49. The summed E-state index contributed by atoms with van der Waals surface area (Å²) in [5.74, 6) is -0.384. The molecule has 0 saturated carbocycles. The molecule has 0 aliphatic carbocycles. The molecule has 1 N–H and O–H groups in total. The Kier molecular flexibility index (Phi) is 5.64. The minimum Gasteiger partial charge on any atom is -0.465 e. The molecule has 1 atom stereocenters. The molecule has 0 aromatic heterocycles. The fraction of sp³-hybridized carbons (Fsp3) is 0.533. The lowest BCUT2D eigenvalue weighted by Crippen LogP contribution is -2.47. The van der Waals surface area contributed by atoms with Crippen LogP contribution in [0.2, 0.25) is 0 Å². The van der Waals surface area contributed by atoms with Crippen LogP contribution in [-0.4, -0.2) is 43.7 Å². The second-order valence-electron chi connectivity index (χ2n) is 4.91. The number of halogens is 2. The van der Waals surface area contributed by atoms with Gasteiger partial charge in [-0.15, -0.1) is 0 Å². The molecule has 0 amide bonds. The Labute approximate surface area is 123 Å². The highest BCUT2D eigenvalue weighted by atomic mass is 19.3. The van der Waals surface area contributed by atoms with Gasteiger partial charge in [0.05, 0.1) is 6.61 Å². The first-order chi connectivity index (χ1) is 10.1.